The van der Waals surface area contributed by atoms with Crippen molar-refractivity contribution in [3.05, 3.63) is 0 Å². The van der Waals surface area contributed by atoms with Crippen LogP contribution in [0.1, 0.15) is 98.3 Å². The van der Waals surface area contributed by atoms with E-state index >= 15 is 0 Å². The number of carbonyl (C=O) groups excluding carboxylic acids is 1. The first-order chi connectivity index (χ1) is 15.4. The second-order valence-electron chi connectivity index (χ2n) is 11.1. The largest absolute Gasteiger partial charge is 0.430 e. The molecular formula is C25H43NO5S. The van der Waals surface area contributed by atoms with E-state index in [2.05, 4.69) is 27.7 Å². The van der Waals surface area contributed by atoms with E-state index in [9.17, 15) is 4.79 Å². The fourth-order valence-electron chi connectivity index (χ4n) is 7.00. The number of hydroxylamine groups is 2. The number of fused-ring (bicyclic) bond motifs is 3. The third-order valence-electron chi connectivity index (χ3n) is 8.99. The third kappa shape index (κ3) is 4.37. The molecule has 6 nitrogen and oxygen atoms in total. The van der Waals surface area contributed by atoms with Gasteiger partial charge >= 0.3 is 5.97 Å². The Morgan fingerprint density at radius 3 is 2.47 bits per heavy atom. The molecule has 0 aromatic heterocycles. The SMILES string of the molecule is CCCN(CCC)OOSCC12CCC(CC13OC(=O)[C@@H](CC1CCCCC1)O3)C2(C)C. The van der Waals surface area contributed by atoms with Crippen molar-refractivity contribution in [1.82, 2.24) is 5.06 Å². The molecule has 0 N–H and O–H groups in total. The van der Waals surface area contributed by atoms with Gasteiger partial charge in [0.2, 0.25) is 5.79 Å². The molecule has 0 aromatic carbocycles. The van der Waals surface area contributed by atoms with E-state index in [1.165, 1.54) is 44.1 Å². The predicted molar refractivity (Wildman–Crippen MR) is 125 cm³/mol. The van der Waals surface area contributed by atoms with Crippen molar-refractivity contribution in [1.29, 1.82) is 0 Å². The monoisotopic (exact) mass is 469 g/mol. The molecule has 3 unspecified atom stereocenters. The van der Waals surface area contributed by atoms with Gasteiger partial charge in [-0.05, 0) is 49.4 Å². The summed E-state index contributed by atoms with van der Waals surface area (Å²) in [5.41, 5.74) is -0.230. The Labute approximate surface area is 198 Å². The van der Waals surface area contributed by atoms with Crippen LogP contribution in [-0.4, -0.2) is 41.8 Å². The van der Waals surface area contributed by atoms with Gasteiger partial charge in [0.05, 0.1) is 5.41 Å². The van der Waals surface area contributed by atoms with Gasteiger partial charge in [-0.15, -0.1) is 9.32 Å². The fraction of sp³-hybridized carbons (Fsp3) is 0.960. The quantitative estimate of drug-likeness (QED) is 0.120. The van der Waals surface area contributed by atoms with Gasteiger partial charge in [0.25, 0.3) is 0 Å². The average Bonchev–Trinajstić information content (AvgIpc) is 3.27. The topological polar surface area (TPSA) is 57.2 Å². The Kier molecular flexibility index (Phi) is 7.82. The van der Waals surface area contributed by atoms with Crippen LogP contribution < -0.4 is 0 Å². The highest BCUT2D eigenvalue weighted by Gasteiger charge is 2.76. The lowest BCUT2D eigenvalue weighted by Crippen LogP contribution is -2.52. The zero-order valence-electron chi connectivity index (χ0n) is 20.5. The first-order valence-electron chi connectivity index (χ1n) is 13.0. The lowest BCUT2D eigenvalue weighted by atomic mass is 9.68. The highest BCUT2D eigenvalue weighted by Crippen LogP contribution is 2.73. The zero-order valence-corrected chi connectivity index (χ0v) is 21.3. The molecule has 4 atom stereocenters. The maximum absolute atomic E-state index is 13.0. The Bertz CT molecular complexity index is 648. The summed E-state index contributed by atoms with van der Waals surface area (Å²) in [5.74, 6) is 0.845. The molecule has 1 aliphatic heterocycles. The number of nitrogens with zero attached hydrogens (tertiary/aromatic N) is 1. The Morgan fingerprint density at radius 2 is 1.81 bits per heavy atom. The third-order valence-corrected chi connectivity index (χ3v) is 9.75. The molecule has 1 saturated heterocycles. The first-order valence-corrected chi connectivity index (χ1v) is 13.9. The van der Waals surface area contributed by atoms with Crippen molar-refractivity contribution in [2.24, 2.45) is 22.7 Å². The van der Waals surface area contributed by atoms with E-state index in [0.717, 1.165) is 51.6 Å². The number of esters is 1. The second-order valence-corrected chi connectivity index (χ2v) is 11.8. The molecule has 4 fully saturated rings. The molecule has 1 spiro atoms. The van der Waals surface area contributed by atoms with Gasteiger partial charge < -0.3 is 9.47 Å². The minimum Gasteiger partial charge on any atom is -0.430 e. The fourth-order valence-corrected chi connectivity index (χ4v) is 8.11. The van der Waals surface area contributed by atoms with Crippen molar-refractivity contribution in [3.63, 3.8) is 0 Å². The van der Waals surface area contributed by atoms with E-state index in [4.69, 9.17) is 18.8 Å². The average molecular weight is 470 g/mol. The van der Waals surface area contributed by atoms with Crippen LogP contribution in [0.25, 0.3) is 0 Å². The molecule has 1 heterocycles. The molecule has 32 heavy (non-hydrogen) atoms. The number of ether oxygens (including phenoxy) is 2. The molecule has 4 aliphatic rings. The van der Waals surface area contributed by atoms with Crippen LogP contribution in [0.4, 0.5) is 0 Å². The van der Waals surface area contributed by atoms with Crippen molar-refractivity contribution >= 4 is 18.0 Å². The maximum Gasteiger partial charge on any atom is 0.337 e. The number of hydrogen-bond donors (Lipinski definition) is 0. The molecule has 0 amide bonds. The van der Waals surface area contributed by atoms with Crippen LogP contribution in [0.15, 0.2) is 0 Å². The van der Waals surface area contributed by atoms with Crippen LogP contribution in [0.5, 0.6) is 0 Å². The molecule has 0 aromatic rings. The molecule has 7 heteroatoms. The lowest BCUT2D eigenvalue weighted by molar-refractivity contribution is -0.360. The van der Waals surface area contributed by atoms with Crippen molar-refractivity contribution in [3.8, 4) is 0 Å². The highest BCUT2D eigenvalue weighted by molar-refractivity contribution is 7.94. The lowest BCUT2D eigenvalue weighted by Gasteiger charge is -2.46. The van der Waals surface area contributed by atoms with Gasteiger partial charge in [-0.1, -0.05) is 59.8 Å². The van der Waals surface area contributed by atoms with E-state index in [1.54, 1.807) is 0 Å². The smallest absolute Gasteiger partial charge is 0.337 e. The Hall–Kier alpha value is -0.340. The first kappa shape index (κ1) is 24.8. The highest BCUT2D eigenvalue weighted by atomic mass is 32.2. The normalized spacial score (nSPS) is 36.5. The van der Waals surface area contributed by atoms with E-state index in [1.807, 2.05) is 5.06 Å². The van der Waals surface area contributed by atoms with Gasteiger partial charge in [0, 0.05) is 37.3 Å². The summed E-state index contributed by atoms with van der Waals surface area (Å²) < 4.78 is 18.5. The summed E-state index contributed by atoms with van der Waals surface area (Å²) in [5, 5.41) is 1.88. The summed E-state index contributed by atoms with van der Waals surface area (Å²) in [6.45, 7) is 10.6. The number of rotatable bonds is 11. The molecule has 3 aliphatic carbocycles. The van der Waals surface area contributed by atoms with Gasteiger partial charge in [-0.25, -0.2) is 4.79 Å². The van der Waals surface area contributed by atoms with Gasteiger partial charge in [-0.3, -0.25) is 0 Å². The zero-order chi connectivity index (χ0) is 22.8. The molecule has 4 rings (SSSR count). The Balaban J connectivity index is 1.42. The van der Waals surface area contributed by atoms with Crippen molar-refractivity contribution < 1.29 is 23.6 Å². The van der Waals surface area contributed by atoms with Crippen LogP contribution in [0, 0.1) is 22.7 Å². The standard InChI is InChI=1S/C25H43NO5S/c1-5-14-26(15-6-2)30-31-32-18-24-13-12-20(23(24,3)4)17-25(24)28-21(22(27)29-25)16-19-10-8-7-9-11-19/h19-21H,5-18H2,1-4H3/t20?,21-,24?,25?/m1/s1. The molecule has 184 valence electrons. The molecular weight excluding hydrogens is 426 g/mol. The number of hydrogen-bond acceptors (Lipinski definition) is 7. The van der Waals surface area contributed by atoms with Gasteiger partial charge in [0.15, 0.2) is 6.10 Å². The van der Waals surface area contributed by atoms with Gasteiger partial charge in [0.1, 0.15) is 0 Å². The van der Waals surface area contributed by atoms with Crippen molar-refractivity contribution in [2.75, 3.05) is 18.8 Å². The minimum atomic E-state index is -0.807. The summed E-state index contributed by atoms with van der Waals surface area (Å²) >= 11 is 1.35. The number of carbonyl (C=O) groups is 1. The van der Waals surface area contributed by atoms with Gasteiger partial charge in [-0.2, -0.15) is 5.06 Å². The predicted octanol–water partition coefficient (Wildman–Crippen LogP) is 6.05. The van der Waals surface area contributed by atoms with Crippen molar-refractivity contribution in [2.45, 2.75) is 110 Å². The van der Waals surface area contributed by atoms with Crippen LogP contribution in [0.3, 0.4) is 0 Å². The minimum absolute atomic E-state index is 0.0237. The van der Waals surface area contributed by atoms with Crippen LogP contribution in [0.2, 0.25) is 0 Å². The summed E-state index contributed by atoms with van der Waals surface area (Å²) in [7, 11) is 0. The van der Waals surface area contributed by atoms with E-state index in [0.29, 0.717) is 17.6 Å². The van der Waals surface area contributed by atoms with E-state index < -0.39 is 11.9 Å². The van der Waals surface area contributed by atoms with Crippen LogP contribution >= 0.6 is 12.0 Å². The van der Waals surface area contributed by atoms with E-state index in [-0.39, 0.29) is 16.8 Å². The Morgan fingerprint density at radius 1 is 1.09 bits per heavy atom. The summed E-state index contributed by atoms with van der Waals surface area (Å²) in [4.78, 5) is 18.6. The molecule has 3 saturated carbocycles. The maximum atomic E-state index is 13.0. The molecule has 2 bridgehead atoms. The summed E-state index contributed by atoms with van der Waals surface area (Å²) in [6.07, 6.45) is 11.7. The second kappa shape index (κ2) is 10.1. The van der Waals surface area contributed by atoms with Crippen LogP contribution in [-0.2, 0) is 23.6 Å². The molecule has 0 radical (unpaired) electrons. The summed E-state index contributed by atoms with van der Waals surface area (Å²) in [6, 6.07) is 0.